The van der Waals surface area contributed by atoms with Crippen LogP contribution in [0.3, 0.4) is 0 Å². The van der Waals surface area contributed by atoms with Crippen molar-refractivity contribution in [1.29, 1.82) is 0 Å². The lowest BCUT2D eigenvalue weighted by Crippen LogP contribution is -2.34. The van der Waals surface area contributed by atoms with E-state index in [0.717, 1.165) is 18.8 Å². The number of hydrogen-bond acceptors (Lipinski definition) is 5. The van der Waals surface area contributed by atoms with Crippen molar-refractivity contribution < 1.29 is 8.42 Å². The monoisotopic (exact) mass is 337 g/mol. The number of piperidine rings is 1. The highest BCUT2D eigenvalue weighted by molar-refractivity contribution is 7.94. The number of pyridine rings is 1. The third-order valence-corrected chi connectivity index (χ3v) is 6.52. The van der Waals surface area contributed by atoms with Gasteiger partial charge >= 0.3 is 0 Å². The van der Waals surface area contributed by atoms with E-state index in [2.05, 4.69) is 21.5 Å². The summed E-state index contributed by atoms with van der Waals surface area (Å²) in [7, 11) is -3.52. The standard InChI is InChI=1S/C15H19N3O2S2/c1-12-4-2-8-18(11-12)13-6-7-14(16-10-13)17-22(19,20)15-5-3-9-21-15/h3,5-7,9-10,12H,2,4,8,11H2,1H3,(H,16,17). The maximum atomic E-state index is 12.1. The van der Waals surface area contributed by atoms with Crippen LogP contribution in [0, 0.1) is 5.92 Å². The number of nitrogens with zero attached hydrogens (tertiary/aromatic N) is 2. The highest BCUT2D eigenvalue weighted by atomic mass is 32.2. The molecule has 5 nitrogen and oxygen atoms in total. The number of thiophene rings is 1. The quantitative estimate of drug-likeness (QED) is 0.931. The first-order chi connectivity index (χ1) is 10.5. The van der Waals surface area contributed by atoms with Crippen LogP contribution in [0.2, 0.25) is 0 Å². The first-order valence-corrected chi connectivity index (χ1v) is 9.68. The summed E-state index contributed by atoms with van der Waals surface area (Å²) in [5, 5.41) is 1.74. The van der Waals surface area contributed by atoms with E-state index in [9.17, 15) is 8.42 Å². The van der Waals surface area contributed by atoms with E-state index in [1.165, 1.54) is 24.2 Å². The lowest BCUT2D eigenvalue weighted by atomic mass is 10.00. The molecule has 0 saturated carbocycles. The van der Waals surface area contributed by atoms with Crippen molar-refractivity contribution in [2.75, 3.05) is 22.7 Å². The minimum absolute atomic E-state index is 0.295. The van der Waals surface area contributed by atoms with E-state index in [4.69, 9.17) is 0 Å². The van der Waals surface area contributed by atoms with Crippen LogP contribution in [0.25, 0.3) is 0 Å². The molecule has 0 radical (unpaired) electrons. The molecule has 2 aromatic rings. The fraction of sp³-hybridized carbons (Fsp3) is 0.400. The number of rotatable bonds is 4. The van der Waals surface area contributed by atoms with Crippen molar-refractivity contribution in [1.82, 2.24) is 4.98 Å². The summed E-state index contributed by atoms with van der Waals surface area (Å²) in [6, 6.07) is 6.95. The van der Waals surface area contributed by atoms with E-state index in [1.54, 1.807) is 29.8 Å². The van der Waals surface area contributed by atoms with E-state index in [0.29, 0.717) is 15.9 Å². The van der Waals surface area contributed by atoms with Crippen molar-refractivity contribution in [3.05, 3.63) is 35.8 Å². The summed E-state index contributed by atoms with van der Waals surface area (Å²) in [5.74, 6) is 1.04. The Kier molecular flexibility index (Phi) is 4.35. The third kappa shape index (κ3) is 3.41. The van der Waals surface area contributed by atoms with Crippen LogP contribution in [-0.2, 0) is 10.0 Å². The molecule has 22 heavy (non-hydrogen) atoms. The average molecular weight is 337 g/mol. The molecule has 2 aromatic heterocycles. The zero-order chi connectivity index (χ0) is 15.6. The SMILES string of the molecule is CC1CCCN(c2ccc(NS(=O)(=O)c3cccs3)nc2)C1. The van der Waals surface area contributed by atoms with Gasteiger partial charge in [-0.1, -0.05) is 13.0 Å². The number of nitrogens with one attached hydrogen (secondary N) is 1. The Morgan fingerprint density at radius 2 is 2.23 bits per heavy atom. The second-order valence-electron chi connectivity index (χ2n) is 5.63. The third-order valence-electron chi connectivity index (χ3n) is 3.77. The number of sulfonamides is 1. The highest BCUT2D eigenvalue weighted by Crippen LogP contribution is 2.24. The van der Waals surface area contributed by atoms with Gasteiger partial charge in [0.2, 0.25) is 0 Å². The fourth-order valence-corrected chi connectivity index (χ4v) is 4.66. The van der Waals surface area contributed by atoms with Gasteiger partial charge in [-0.15, -0.1) is 11.3 Å². The van der Waals surface area contributed by atoms with Crippen molar-refractivity contribution in [3.8, 4) is 0 Å². The van der Waals surface area contributed by atoms with Crippen LogP contribution in [0.5, 0.6) is 0 Å². The maximum absolute atomic E-state index is 12.1. The molecule has 1 atom stereocenters. The smallest absolute Gasteiger partial charge is 0.272 e. The molecule has 1 N–H and O–H groups in total. The minimum atomic E-state index is -3.52. The molecule has 0 spiro atoms. The molecule has 0 aliphatic carbocycles. The fourth-order valence-electron chi connectivity index (χ4n) is 2.66. The predicted octanol–water partition coefficient (Wildman–Crippen LogP) is 3.18. The molecule has 0 aromatic carbocycles. The molecular weight excluding hydrogens is 318 g/mol. The van der Waals surface area contributed by atoms with Gasteiger partial charge in [-0.05, 0) is 42.3 Å². The Hall–Kier alpha value is -1.60. The topological polar surface area (TPSA) is 62.3 Å². The maximum Gasteiger partial charge on any atom is 0.272 e. The molecule has 0 amide bonds. The first kappa shape index (κ1) is 15.3. The summed E-state index contributed by atoms with van der Waals surface area (Å²) >= 11 is 1.19. The molecule has 118 valence electrons. The summed E-state index contributed by atoms with van der Waals surface area (Å²) < 4.78 is 27.1. The van der Waals surface area contributed by atoms with E-state index in [1.807, 2.05) is 6.07 Å². The molecule has 1 saturated heterocycles. The van der Waals surface area contributed by atoms with Gasteiger partial charge in [-0.3, -0.25) is 4.72 Å². The van der Waals surface area contributed by atoms with Gasteiger partial charge in [0.25, 0.3) is 10.0 Å². The Balaban J connectivity index is 1.72. The summed E-state index contributed by atoms with van der Waals surface area (Å²) in [6.07, 6.45) is 4.20. The molecule has 3 heterocycles. The second kappa shape index (κ2) is 6.26. The Morgan fingerprint density at radius 1 is 1.36 bits per heavy atom. The van der Waals surface area contributed by atoms with Gasteiger partial charge < -0.3 is 4.90 Å². The van der Waals surface area contributed by atoms with Gasteiger partial charge in [0, 0.05) is 13.1 Å². The second-order valence-corrected chi connectivity index (χ2v) is 8.49. The predicted molar refractivity (Wildman–Crippen MR) is 90.0 cm³/mol. The number of aromatic nitrogens is 1. The molecular formula is C15H19N3O2S2. The van der Waals surface area contributed by atoms with Gasteiger partial charge in [-0.2, -0.15) is 0 Å². The lowest BCUT2D eigenvalue weighted by Gasteiger charge is -2.32. The van der Waals surface area contributed by atoms with Gasteiger partial charge in [0.1, 0.15) is 10.0 Å². The lowest BCUT2D eigenvalue weighted by molar-refractivity contribution is 0.446. The zero-order valence-corrected chi connectivity index (χ0v) is 14.0. The highest BCUT2D eigenvalue weighted by Gasteiger charge is 2.18. The Morgan fingerprint density at radius 3 is 2.86 bits per heavy atom. The summed E-state index contributed by atoms with van der Waals surface area (Å²) in [4.78, 5) is 6.55. The molecule has 7 heteroatoms. The molecule has 1 aliphatic heterocycles. The van der Waals surface area contributed by atoms with E-state index < -0.39 is 10.0 Å². The van der Waals surface area contributed by atoms with Crippen LogP contribution < -0.4 is 9.62 Å². The van der Waals surface area contributed by atoms with Gasteiger partial charge in [0.15, 0.2) is 0 Å². The minimum Gasteiger partial charge on any atom is -0.370 e. The van der Waals surface area contributed by atoms with Crippen molar-refractivity contribution in [2.45, 2.75) is 24.0 Å². The summed E-state index contributed by atoms with van der Waals surface area (Å²) in [6.45, 7) is 4.32. The van der Waals surface area contributed by atoms with Gasteiger partial charge in [-0.25, -0.2) is 13.4 Å². The van der Waals surface area contributed by atoms with Gasteiger partial charge in [0.05, 0.1) is 11.9 Å². The van der Waals surface area contributed by atoms with E-state index >= 15 is 0 Å². The van der Waals surface area contributed by atoms with Crippen LogP contribution >= 0.6 is 11.3 Å². The molecule has 1 unspecified atom stereocenters. The number of anilines is 2. The zero-order valence-electron chi connectivity index (χ0n) is 12.4. The molecule has 1 aliphatic rings. The Bertz CT molecular complexity index is 712. The van der Waals surface area contributed by atoms with Crippen molar-refractivity contribution in [2.24, 2.45) is 5.92 Å². The average Bonchev–Trinajstić information content (AvgIpc) is 3.03. The van der Waals surface area contributed by atoms with Crippen LogP contribution in [0.15, 0.2) is 40.1 Å². The number of hydrogen-bond donors (Lipinski definition) is 1. The summed E-state index contributed by atoms with van der Waals surface area (Å²) in [5.41, 5.74) is 1.05. The van der Waals surface area contributed by atoms with Crippen molar-refractivity contribution >= 4 is 32.9 Å². The van der Waals surface area contributed by atoms with Crippen LogP contribution in [0.1, 0.15) is 19.8 Å². The molecule has 3 rings (SSSR count). The van der Waals surface area contributed by atoms with E-state index in [-0.39, 0.29) is 0 Å². The van der Waals surface area contributed by atoms with Crippen LogP contribution in [-0.4, -0.2) is 26.5 Å². The normalized spacial score (nSPS) is 19.1. The first-order valence-electron chi connectivity index (χ1n) is 7.32. The largest absolute Gasteiger partial charge is 0.370 e. The van der Waals surface area contributed by atoms with Crippen molar-refractivity contribution in [3.63, 3.8) is 0 Å². The molecule has 0 bridgehead atoms. The Labute approximate surface area is 135 Å². The van der Waals surface area contributed by atoms with Crippen LogP contribution in [0.4, 0.5) is 11.5 Å². The molecule has 1 fully saturated rings.